The monoisotopic (exact) mass is 407 g/mol. The molecule has 7 nitrogen and oxygen atoms in total. The summed E-state index contributed by atoms with van der Waals surface area (Å²) in [5, 5.41) is 0. The van der Waals surface area contributed by atoms with E-state index < -0.39 is 0 Å². The number of hydrogen-bond donors (Lipinski definition) is 0. The number of piperidine rings is 1. The van der Waals surface area contributed by atoms with Crippen LogP contribution < -0.4 is 4.90 Å². The van der Waals surface area contributed by atoms with E-state index in [0.29, 0.717) is 13.2 Å². The Morgan fingerprint density at radius 2 is 1.97 bits per heavy atom. The topological polar surface area (TPSA) is 71.5 Å². The molecule has 0 radical (unpaired) electrons. The van der Waals surface area contributed by atoms with Crippen LogP contribution in [-0.2, 0) is 9.53 Å². The first-order chi connectivity index (χ1) is 14.8. The zero-order valence-electron chi connectivity index (χ0n) is 17.4. The summed E-state index contributed by atoms with van der Waals surface area (Å²) in [4.78, 5) is 31.3. The van der Waals surface area contributed by atoms with E-state index >= 15 is 0 Å². The van der Waals surface area contributed by atoms with E-state index in [0.717, 1.165) is 68.1 Å². The standard InChI is InChI=1S/C23H29N5O2/c29-22(20-8-5-13-30-20)28-12-4-7-18(16-28)21-19(17-6-3-9-24-14-17)15-25-23(26-21)27-10-1-2-11-27/h3,6,9,14-15,18,20H,1-2,4-5,7-8,10-13,16H2. The molecule has 3 fully saturated rings. The number of amides is 1. The summed E-state index contributed by atoms with van der Waals surface area (Å²) < 4.78 is 5.66. The fourth-order valence-corrected chi connectivity index (χ4v) is 4.89. The smallest absolute Gasteiger partial charge is 0.251 e. The van der Waals surface area contributed by atoms with Crippen LogP contribution in [-0.4, -0.2) is 64.6 Å². The van der Waals surface area contributed by atoms with Crippen molar-refractivity contribution in [2.24, 2.45) is 0 Å². The Kier molecular flexibility index (Phi) is 5.62. The second-order valence-corrected chi connectivity index (χ2v) is 8.53. The van der Waals surface area contributed by atoms with Crippen LogP contribution in [0.25, 0.3) is 11.1 Å². The predicted molar refractivity (Wildman–Crippen MR) is 114 cm³/mol. The summed E-state index contributed by atoms with van der Waals surface area (Å²) >= 11 is 0. The molecular formula is C23H29N5O2. The average Bonchev–Trinajstić information content (AvgIpc) is 3.53. The lowest BCUT2D eigenvalue weighted by atomic mass is 9.90. The van der Waals surface area contributed by atoms with Gasteiger partial charge in [-0.05, 0) is 44.6 Å². The lowest BCUT2D eigenvalue weighted by Crippen LogP contribution is -2.44. The first-order valence-corrected chi connectivity index (χ1v) is 11.2. The number of pyridine rings is 1. The minimum absolute atomic E-state index is 0.147. The molecule has 0 spiro atoms. The minimum atomic E-state index is -0.257. The molecule has 3 aliphatic rings. The summed E-state index contributed by atoms with van der Waals surface area (Å²) in [6.45, 7) is 4.23. The zero-order chi connectivity index (χ0) is 20.3. The fourth-order valence-electron chi connectivity index (χ4n) is 4.89. The molecule has 2 atom stereocenters. The Bertz CT molecular complexity index is 878. The Morgan fingerprint density at radius 3 is 2.73 bits per heavy atom. The van der Waals surface area contributed by atoms with Crippen LogP contribution in [0.2, 0.25) is 0 Å². The van der Waals surface area contributed by atoms with Crippen LogP contribution >= 0.6 is 0 Å². The van der Waals surface area contributed by atoms with E-state index in [-0.39, 0.29) is 17.9 Å². The Balaban J connectivity index is 1.45. The van der Waals surface area contributed by atoms with Gasteiger partial charge in [0.1, 0.15) is 6.10 Å². The van der Waals surface area contributed by atoms with Gasteiger partial charge in [0, 0.05) is 68.4 Å². The second kappa shape index (κ2) is 8.68. The molecule has 0 aromatic carbocycles. The minimum Gasteiger partial charge on any atom is -0.368 e. The van der Waals surface area contributed by atoms with Crippen LogP contribution in [0, 0.1) is 0 Å². The number of rotatable bonds is 4. The van der Waals surface area contributed by atoms with Gasteiger partial charge in [-0.3, -0.25) is 9.78 Å². The van der Waals surface area contributed by atoms with Crippen LogP contribution in [0.5, 0.6) is 0 Å². The van der Waals surface area contributed by atoms with Gasteiger partial charge in [-0.1, -0.05) is 6.07 Å². The van der Waals surface area contributed by atoms with E-state index in [9.17, 15) is 4.79 Å². The van der Waals surface area contributed by atoms with E-state index in [1.165, 1.54) is 12.8 Å². The highest BCUT2D eigenvalue weighted by Crippen LogP contribution is 2.34. The maximum absolute atomic E-state index is 13.0. The molecule has 3 aliphatic heterocycles. The van der Waals surface area contributed by atoms with Crippen molar-refractivity contribution in [2.45, 2.75) is 50.5 Å². The molecule has 0 saturated carbocycles. The molecule has 5 heterocycles. The lowest BCUT2D eigenvalue weighted by Gasteiger charge is -2.34. The molecular weight excluding hydrogens is 378 g/mol. The van der Waals surface area contributed by atoms with Gasteiger partial charge >= 0.3 is 0 Å². The molecule has 2 aromatic rings. The van der Waals surface area contributed by atoms with Crippen molar-refractivity contribution in [3.05, 3.63) is 36.4 Å². The number of anilines is 1. The van der Waals surface area contributed by atoms with Gasteiger partial charge in [0.2, 0.25) is 5.95 Å². The van der Waals surface area contributed by atoms with E-state index in [2.05, 4.69) is 16.0 Å². The third kappa shape index (κ3) is 3.90. The molecule has 1 amide bonds. The number of likely N-dealkylation sites (tertiary alicyclic amines) is 1. The Morgan fingerprint density at radius 1 is 1.07 bits per heavy atom. The molecule has 5 rings (SSSR count). The Labute approximate surface area is 177 Å². The van der Waals surface area contributed by atoms with Gasteiger partial charge in [0.05, 0.1) is 5.69 Å². The first kappa shape index (κ1) is 19.4. The van der Waals surface area contributed by atoms with Crippen LogP contribution in [0.1, 0.15) is 50.1 Å². The molecule has 30 heavy (non-hydrogen) atoms. The quantitative estimate of drug-likeness (QED) is 0.776. The summed E-state index contributed by atoms with van der Waals surface area (Å²) in [7, 11) is 0. The zero-order valence-corrected chi connectivity index (χ0v) is 17.4. The van der Waals surface area contributed by atoms with Crippen LogP contribution in [0.3, 0.4) is 0 Å². The predicted octanol–water partition coefficient (Wildman–Crippen LogP) is 3.02. The summed E-state index contributed by atoms with van der Waals surface area (Å²) in [5.74, 6) is 1.16. The van der Waals surface area contributed by atoms with Crippen LogP contribution in [0.4, 0.5) is 5.95 Å². The molecule has 2 unspecified atom stereocenters. The molecule has 0 N–H and O–H groups in total. The van der Waals surface area contributed by atoms with Crippen molar-refractivity contribution in [1.82, 2.24) is 19.9 Å². The van der Waals surface area contributed by atoms with E-state index in [1.54, 1.807) is 6.20 Å². The third-order valence-corrected chi connectivity index (χ3v) is 6.49. The fraction of sp³-hybridized carbons (Fsp3) is 0.565. The van der Waals surface area contributed by atoms with Gasteiger partial charge < -0.3 is 14.5 Å². The molecule has 2 aromatic heterocycles. The van der Waals surface area contributed by atoms with Crippen molar-refractivity contribution >= 4 is 11.9 Å². The lowest BCUT2D eigenvalue weighted by molar-refractivity contribution is -0.142. The maximum Gasteiger partial charge on any atom is 0.251 e. The van der Waals surface area contributed by atoms with Crippen molar-refractivity contribution in [3.8, 4) is 11.1 Å². The molecule has 0 aliphatic carbocycles. The van der Waals surface area contributed by atoms with E-state index in [4.69, 9.17) is 14.7 Å². The average molecular weight is 408 g/mol. The van der Waals surface area contributed by atoms with Gasteiger partial charge in [-0.15, -0.1) is 0 Å². The van der Waals surface area contributed by atoms with Crippen molar-refractivity contribution in [3.63, 3.8) is 0 Å². The number of carbonyl (C=O) groups is 1. The van der Waals surface area contributed by atoms with Crippen LogP contribution in [0.15, 0.2) is 30.7 Å². The number of ether oxygens (including phenoxy) is 1. The van der Waals surface area contributed by atoms with E-state index in [1.807, 2.05) is 23.4 Å². The van der Waals surface area contributed by atoms with Gasteiger partial charge in [-0.25, -0.2) is 9.97 Å². The van der Waals surface area contributed by atoms with Gasteiger partial charge in [0.25, 0.3) is 5.91 Å². The van der Waals surface area contributed by atoms with Gasteiger partial charge in [0.15, 0.2) is 0 Å². The maximum atomic E-state index is 13.0. The number of aromatic nitrogens is 3. The highest BCUT2D eigenvalue weighted by molar-refractivity contribution is 5.81. The van der Waals surface area contributed by atoms with Crippen molar-refractivity contribution in [2.75, 3.05) is 37.7 Å². The largest absolute Gasteiger partial charge is 0.368 e. The number of nitrogens with zero attached hydrogens (tertiary/aromatic N) is 5. The molecule has 3 saturated heterocycles. The summed E-state index contributed by atoms with van der Waals surface area (Å²) in [5.41, 5.74) is 3.11. The first-order valence-electron chi connectivity index (χ1n) is 11.2. The molecule has 0 bridgehead atoms. The highest BCUT2D eigenvalue weighted by atomic mass is 16.5. The third-order valence-electron chi connectivity index (χ3n) is 6.49. The number of carbonyl (C=O) groups excluding carboxylic acids is 1. The SMILES string of the molecule is O=C(C1CCCO1)N1CCCC(c2nc(N3CCCC3)ncc2-c2cccnc2)C1. The Hall–Kier alpha value is -2.54. The van der Waals surface area contributed by atoms with Crippen molar-refractivity contribution in [1.29, 1.82) is 0 Å². The second-order valence-electron chi connectivity index (χ2n) is 8.53. The molecule has 7 heteroatoms. The summed E-state index contributed by atoms with van der Waals surface area (Å²) in [6.07, 6.45) is 11.6. The normalized spacial score (nSPS) is 24.4. The highest BCUT2D eigenvalue weighted by Gasteiger charge is 2.33. The molecule has 158 valence electrons. The van der Waals surface area contributed by atoms with Crippen molar-refractivity contribution < 1.29 is 9.53 Å². The van der Waals surface area contributed by atoms with Gasteiger partial charge in [-0.2, -0.15) is 0 Å². The number of hydrogen-bond acceptors (Lipinski definition) is 6. The summed E-state index contributed by atoms with van der Waals surface area (Å²) in [6, 6.07) is 4.00.